The smallest absolute Gasteiger partial charge is 0.282 e. The van der Waals surface area contributed by atoms with Gasteiger partial charge in [-0.25, -0.2) is 4.98 Å². The normalized spacial score (nSPS) is 14.0. The first-order valence-corrected chi connectivity index (χ1v) is 11.0. The molecule has 158 valence electrons. The van der Waals surface area contributed by atoms with Gasteiger partial charge < -0.3 is 5.32 Å². The molecular formula is C18H10Cl2N4O5S2. The second kappa shape index (κ2) is 8.00. The van der Waals surface area contributed by atoms with Gasteiger partial charge in [0, 0.05) is 17.0 Å². The molecule has 0 aliphatic carbocycles. The topological polar surface area (TPSA) is 123 Å². The Morgan fingerprint density at radius 1 is 1.26 bits per heavy atom. The number of hydrogen-bond acceptors (Lipinski definition) is 8. The van der Waals surface area contributed by atoms with Crippen LogP contribution < -0.4 is 5.32 Å². The summed E-state index contributed by atoms with van der Waals surface area (Å²) < 4.78 is 0.945. The zero-order valence-corrected chi connectivity index (χ0v) is 18.6. The van der Waals surface area contributed by atoms with Crippen LogP contribution in [0.1, 0.15) is 27.6 Å². The molecule has 2 aromatic heterocycles. The standard InChI is InChI=1S/C18H10Cl2N4O5S2/c1-7(23-16(26)8-3-2-4-11(24(28)29)13(8)17(23)27)15(25)22-18-21-10(6-30-18)9-5-12(19)31-14(9)20/h2-7H,1H3,(H,21,22,25). The van der Waals surface area contributed by atoms with Crippen molar-refractivity contribution in [1.82, 2.24) is 9.88 Å². The molecule has 0 saturated heterocycles. The number of thiazole rings is 1. The summed E-state index contributed by atoms with van der Waals surface area (Å²) in [6.07, 6.45) is 0. The number of fused-ring (bicyclic) bond motifs is 1. The van der Waals surface area contributed by atoms with Crippen molar-refractivity contribution < 1.29 is 19.3 Å². The van der Waals surface area contributed by atoms with Crippen molar-refractivity contribution in [2.24, 2.45) is 0 Å². The molecule has 1 aliphatic heterocycles. The van der Waals surface area contributed by atoms with Crippen LogP contribution in [0.4, 0.5) is 10.8 Å². The minimum absolute atomic E-state index is 0.112. The quantitative estimate of drug-likeness (QED) is 0.310. The van der Waals surface area contributed by atoms with E-state index < -0.39 is 34.4 Å². The number of nitrogens with zero attached hydrogens (tertiary/aromatic N) is 3. The van der Waals surface area contributed by atoms with Crippen molar-refractivity contribution in [2.75, 3.05) is 5.32 Å². The van der Waals surface area contributed by atoms with Crippen molar-refractivity contribution in [3.8, 4) is 11.3 Å². The number of benzene rings is 1. The Kier molecular flexibility index (Phi) is 5.52. The number of hydrogen-bond donors (Lipinski definition) is 1. The third kappa shape index (κ3) is 3.69. The van der Waals surface area contributed by atoms with Gasteiger partial charge in [0.25, 0.3) is 17.5 Å². The summed E-state index contributed by atoms with van der Waals surface area (Å²) in [6, 6.07) is 4.20. The number of nitro groups is 1. The van der Waals surface area contributed by atoms with Crippen LogP contribution in [0.3, 0.4) is 0 Å². The SMILES string of the molecule is CC(C(=O)Nc1nc(-c2cc(Cl)sc2Cl)cs1)N1C(=O)c2cccc([N+](=O)[O-])c2C1=O. The van der Waals surface area contributed by atoms with Gasteiger partial charge in [-0.3, -0.25) is 29.4 Å². The minimum Gasteiger partial charge on any atom is -0.300 e. The second-order valence-electron chi connectivity index (χ2n) is 6.38. The molecule has 0 fully saturated rings. The highest BCUT2D eigenvalue weighted by Crippen LogP contribution is 2.39. The summed E-state index contributed by atoms with van der Waals surface area (Å²) in [5.41, 5.74) is 0.213. The highest BCUT2D eigenvalue weighted by Gasteiger charge is 2.44. The summed E-state index contributed by atoms with van der Waals surface area (Å²) in [5.74, 6) is -2.34. The van der Waals surface area contributed by atoms with Gasteiger partial charge in [0.05, 0.1) is 20.5 Å². The maximum atomic E-state index is 12.7. The Balaban J connectivity index is 1.55. The van der Waals surface area contributed by atoms with Crippen molar-refractivity contribution in [1.29, 1.82) is 0 Å². The van der Waals surface area contributed by atoms with Crippen LogP contribution in [-0.2, 0) is 4.79 Å². The number of aromatic nitrogens is 1. The Hall–Kier alpha value is -2.86. The second-order valence-corrected chi connectivity index (χ2v) is 9.52. The molecule has 13 heteroatoms. The zero-order chi connectivity index (χ0) is 22.4. The van der Waals surface area contributed by atoms with Gasteiger partial charge in [0.2, 0.25) is 5.91 Å². The number of nitro benzene ring substituents is 1. The Bertz CT molecular complexity index is 1270. The fourth-order valence-corrected chi connectivity index (χ4v) is 5.28. The molecule has 9 nitrogen and oxygen atoms in total. The molecule has 3 amide bonds. The van der Waals surface area contributed by atoms with Crippen molar-refractivity contribution in [2.45, 2.75) is 13.0 Å². The van der Waals surface area contributed by atoms with E-state index in [-0.39, 0.29) is 16.3 Å². The number of carbonyl (C=O) groups excluding carboxylic acids is 3. The summed E-state index contributed by atoms with van der Waals surface area (Å²) in [4.78, 5) is 53.6. The molecule has 1 atom stereocenters. The summed E-state index contributed by atoms with van der Waals surface area (Å²) >= 11 is 14.4. The summed E-state index contributed by atoms with van der Waals surface area (Å²) in [7, 11) is 0. The average molecular weight is 497 g/mol. The van der Waals surface area contributed by atoms with Gasteiger partial charge in [0.1, 0.15) is 15.9 Å². The van der Waals surface area contributed by atoms with Crippen LogP contribution >= 0.6 is 45.9 Å². The summed E-state index contributed by atoms with van der Waals surface area (Å²) in [5, 5.41) is 15.7. The number of halogens is 2. The predicted molar refractivity (Wildman–Crippen MR) is 117 cm³/mol. The summed E-state index contributed by atoms with van der Waals surface area (Å²) in [6.45, 7) is 1.35. The zero-order valence-electron chi connectivity index (χ0n) is 15.4. The Labute approximate surface area is 192 Å². The third-order valence-electron chi connectivity index (χ3n) is 4.55. The third-order valence-corrected chi connectivity index (χ3v) is 6.80. The number of rotatable bonds is 5. The number of carbonyl (C=O) groups is 3. The first-order chi connectivity index (χ1) is 14.7. The molecule has 4 rings (SSSR count). The molecule has 1 unspecified atom stereocenters. The van der Waals surface area contributed by atoms with Crippen LogP contribution in [-0.4, -0.2) is 38.6 Å². The van der Waals surface area contributed by atoms with Crippen molar-refractivity contribution in [3.05, 3.63) is 59.6 Å². The van der Waals surface area contributed by atoms with E-state index in [4.69, 9.17) is 23.2 Å². The number of imide groups is 1. The maximum Gasteiger partial charge on any atom is 0.282 e. The van der Waals surface area contributed by atoms with E-state index >= 15 is 0 Å². The Morgan fingerprint density at radius 3 is 2.65 bits per heavy atom. The van der Waals surface area contributed by atoms with Gasteiger partial charge in [0.15, 0.2) is 5.13 Å². The highest BCUT2D eigenvalue weighted by atomic mass is 35.5. The lowest BCUT2D eigenvalue weighted by Crippen LogP contribution is -2.45. The van der Waals surface area contributed by atoms with E-state index in [2.05, 4.69) is 10.3 Å². The lowest BCUT2D eigenvalue weighted by atomic mass is 10.1. The lowest BCUT2D eigenvalue weighted by Gasteiger charge is -2.20. The number of amides is 3. The van der Waals surface area contributed by atoms with E-state index in [1.807, 2.05) is 0 Å². The molecule has 1 aliphatic rings. The van der Waals surface area contributed by atoms with E-state index in [1.165, 1.54) is 30.4 Å². The molecule has 3 heterocycles. The van der Waals surface area contributed by atoms with Crippen molar-refractivity contribution >= 4 is 74.4 Å². The Morgan fingerprint density at radius 2 is 2.00 bits per heavy atom. The van der Waals surface area contributed by atoms with Gasteiger partial charge in [-0.1, -0.05) is 29.3 Å². The van der Waals surface area contributed by atoms with E-state index in [9.17, 15) is 24.5 Å². The van der Waals surface area contributed by atoms with E-state index in [1.54, 1.807) is 11.4 Å². The molecule has 31 heavy (non-hydrogen) atoms. The van der Waals surface area contributed by atoms with Crippen LogP contribution in [0.5, 0.6) is 0 Å². The van der Waals surface area contributed by atoms with Crippen LogP contribution in [0.15, 0.2) is 29.6 Å². The highest BCUT2D eigenvalue weighted by molar-refractivity contribution is 7.20. The predicted octanol–water partition coefficient (Wildman–Crippen LogP) is 4.71. The van der Waals surface area contributed by atoms with Gasteiger partial charge in [-0.2, -0.15) is 0 Å². The van der Waals surface area contributed by atoms with Gasteiger partial charge in [-0.15, -0.1) is 22.7 Å². The van der Waals surface area contributed by atoms with Crippen molar-refractivity contribution in [3.63, 3.8) is 0 Å². The fraction of sp³-hybridized carbons (Fsp3) is 0.111. The molecule has 3 aromatic rings. The first kappa shape index (κ1) is 21.4. The van der Waals surface area contributed by atoms with Gasteiger partial charge in [-0.05, 0) is 19.1 Å². The number of thiophene rings is 1. The first-order valence-electron chi connectivity index (χ1n) is 8.56. The van der Waals surface area contributed by atoms with E-state index in [0.717, 1.165) is 17.4 Å². The number of nitrogens with one attached hydrogen (secondary N) is 1. The molecule has 1 aromatic carbocycles. The average Bonchev–Trinajstić information content (AvgIpc) is 3.38. The van der Waals surface area contributed by atoms with Crippen LogP contribution in [0.2, 0.25) is 8.67 Å². The minimum atomic E-state index is -1.22. The van der Waals surface area contributed by atoms with E-state index in [0.29, 0.717) is 24.8 Å². The lowest BCUT2D eigenvalue weighted by molar-refractivity contribution is -0.385. The number of anilines is 1. The molecule has 0 saturated carbocycles. The maximum absolute atomic E-state index is 12.7. The van der Waals surface area contributed by atoms with Gasteiger partial charge >= 0.3 is 0 Å². The molecule has 0 spiro atoms. The van der Waals surface area contributed by atoms with Crippen LogP contribution in [0.25, 0.3) is 11.3 Å². The molecular weight excluding hydrogens is 487 g/mol. The molecule has 0 radical (unpaired) electrons. The largest absolute Gasteiger partial charge is 0.300 e. The molecule has 0 bridgehead atoms. The van der Waals surface area contributed by atoms with Crippen LogP contribution in [0, 0.1) is 10.1 Å². The fourth-order valence-electron chi connectivity index (χ4n) is 3.09. The molecule has 1 N–H and O–H groups in total. The monoisotopic (exact) mass is 496 g/mol.